The van der Waals surface area contributed by atoms with Gasteiger partial charge in [-0.05, 0) is 41.4 Å². The summed E-state index contributed by atoms with van der Waals surface area (Å²) in [6.07, 6.45) is 4.76. The lowest BCUT2D eigenvalue weighted by Gasteiger charge is -2.24. The molecule has 0 atom stereocenters. The van der Waals surface area contributed by atoms with Crippen LogP contribution in [0.2, 0.25) is 0 Å². The second-order valence-corrected chi connectivity index (χ2v) is 7.11. The van der Waals surface area contributed by atoms with Gasteiger partial charge in [0.1, 0.15) is 6.33 Å². The van der Waals surface area contributed by atoms with Crippen molar-refractivity contribution in [3.8, 4) is 11.4 Å². The van der Waals surface area contributed by atoms with Gasteiger partial charge in [0.15, 0.2) is 11.6 Å². The highest BCUT2D eigenvalue weighted by molar-refractivity contribution is 9.10. The molecule has 26 heavy (non-hydrogen) atoms. The van der Waals surface area contributed by atoms with Crippen LogP contribution in [-0.4, -0.2) is 31.2 Å². The fourth-order valence-corrected chi connectivity index (χ4v) is 2.58. The fraction of sp³-hybridized carbons (Fsp3) is 0.235. The zero-order valence-electron chi connectivity index (χ0n) is 14.3. The van der Waals surface area contributed by atoms with Crippen LogP contribution >= 0.6 is 15.9 Å². The maximum Gasteiger partial charge on any atom is 0.315 e. The van der Waals surface area contributed by atoms with Gasteiger partial charge in [0.25, 0.3) is 0 Å². The van der Waals surface area contributed by atoms with Crippen LogP contribution in [0.5, 0.6) is 0 Å². The third-order valence-corrected chi connectivity index (χ3v) is 4.08. The van der Waals surface area contributed by atoms with Gasteiger partial charge < -0.3 is 10.6 Å². The van der Waals surface area contributed by atoms with E-state index in [1.807, 2.05) is 38.1 Å². The molecule has 3 N–H and O–H groups in total. The van der Waals surface area contributed by atoms with E-state index in [1.54, 1.807) is 12.4 Å². The van der Waals surface area contributed by atoms with Crippen molar-refractivity contribution in [1.29, 1.82) is 0 Å². The molecule has 0 bridgehead atoms. The summed E-state index contributed by atoms with van der Waals surface area (Å²) in [6, 6.07) is 7.42. The Bertz CT molecular complexity index is 878. The van der Waals surface area contributed by atoms with Gasteiger partial charge in [-0.3, -0.25) is 5.10 Å². The van der Waals surface area contributed by atoms with Crippen molar-refractivity contribution in [1.82, 2.24) is 35.8 Å². The van der Waals surface area contributed by atoms with E-state index in [-0.39, 0.29) is 6.03 Å². The van der Waals surface area contributed by atoms with E-state index in [0.717, 1.165) is 15.6 Å². The van der Waals surface area contributed by atoms with Crippen molar-refractivity contribution in [3.63, 3.8) is 0 Å². The van der Waals surface area contributed by atoms with Crippen LogP contribution in [0, 0.1) is 0 Å². The molecule has 0 aliphatic heterocycles. The van der Waals surface area contributed by atoms with Gasteiger partial charge in [-0.2, -0.15) is 5.10 Å². The Morgan fingerprint density at radius 1 is 1.23 bits per heavy atom. The van der Waals surface area contributed by atoms with Crippen molar-refractivity contribution >= 4 is 22.0 Å². The Kier molecular flexibility index (Phi) is 5.27. The lowest BCUT2D eigenvalue weighted by atomic mass is 10.1. The predicted molar refractivity (Wildman–Crippen MR) is 99.9 cm³/mol. The normalized spacial score (nSPS) is 11.2. The Balaban J connectivity index is 1.60. The van der Waals surface area contributed by atoms with Crippen LogP contribution in [0.15, 0.2) is 47.5 Å². The van der Waals surface area contributed by atoms with Crippen molar-refractivity contribution in [2.24, 2.45) is 0 Å². The van der Waals surface area contributed by atoms with Gasteiger partial charge in [-0.25, -0.2) is 19.7 Å². The molecule has 0 fully saturated rings. The van der Waals surface area contributed by atoms with Gasteiger partial charge in [0.05, 0.1) is 10.0 Å². The number of urea groups is 1. The number of hydrogen-bond acceptors (Lipinski definition) is 5. The number of halogens is 1. The molecular weight excluding hydrogens is 398 g/mol. The number of benzene rings is 1. The molecule has 0 saturated heterocycles. The number of carbonyl (C=O) groups is 1. The molecule has 0 radical (unpaired) electrons. The summed E-state index contributed by atoms with van der Waals surface area (Å²) < 4.78 is 0.785. The molecule has 1 aromatic carbocycles. The van der Waals surface area contributed by atoms with E-state index in [0.29, 0.717) is 18.2 Å². The van der Waals surface area contributed by atoms with Crippen LogP contribution in [0.1, 0.15) is 25.2 Å². The summed E-state index contributed by atoms with van der Waals surface area (Å²) in [4.78, 5) is 24.9. The predicted octanol–water partition coefficient (Wildman–Crippen LogP) is 2.76. The molecule has 0 aliphatic carbocycles. The van der Waals surface area contributed by atoms with Gasteiger partial charge in [0.2, 0.25) is 0 Å². The van der Waals surface area contributed by atoms with E-state index >= 15 is 0 Å². The molecule has 3 rings (SSSR count). The van der Waals surface area contributed by atoms with Gasteiger partial charge in [-0.1, -0.05) is 18.2 Å². The minimum Gasteiger partial charge on any atom is -0.334 e. The summed E-state index contributed by atoms with van der Waals surface area (Å²) in [6.45, 7) is 4.08. The van der Waals surface area contributed by atoms with Crippen LogP contribution < -0.4 is 10.6 Å². The van der Waals surface area contributed by atoms with Gasteiger partial charge >= 0.3 is 6.03 Å². The molecule has 134 valence electrons. The number of nitrogens with zero attached hydrogens (tertiary/aromatic N) is 4. The molecule has 0 aliphatic rings. The van der Waals surface area contributed by atoms with Gasteiger partial charge in [-0.15, -0.1) is 0 Å². The second kappa shape index (κ2) is 7.61. The van der Waals surface area contributed by atoms with E-state index in [2.05, 4.69) is 51.7 Å². The molecule has 2 aromatic heterocycles. The lowest BCUT2D eigenvalue weighted by molar-refractivity contribution is 0.228. The molecule has 0 spiro atoms. The third kappa shape index (κ3) is 4.42. The summed E-state index contributed by atoms with van der Waals surface area (Å²) in [7, 11) is 0. The minimum absolute atomic E-state index is 0.299. The molecule has 0 unspecified atom stereocenters. The summed E-state index contributed by atoms with van der Waals surface area (Å²) in [5.74, 6) is 1.22. The molecule has 2 amide bonds. The number of aromatic nitrogens is 5. The highest BCUT2D eigenvalue weighted by atomic mass is 79.9. The average molecular weight is 416 g/mol. The average Bonchev–Trinajstić information content (AvgIpc) is 3.15. The maximum absolute atomic E-state index is 12.3. The number of hydrogen-bond donors (Lipinski definition) is 3. The smallest absolute Gasteiger partial charge is 0.315 e. The van der Waals surface area contributed by atoms with Crippen molar-refractivity contribution in [3.05, 3.63) is 58.8 Å². The molecule has 9 heteroatoms. The number of nitrogens with one attached hydrogen (secondary N) is 3. The molecule has 0 saturated carbocycles. The fourth-order valence-electron chi connectivity index (χ4n) is 2.37. The Hall–Kier alpha value is -2.81. The van der Waals surface area contributed by atoms with Crippen LogP contribution in [0.4, 0.5) is 4.79 Å². The Morgan fingerprint density at radius 2 is 2.00 bits per heavy atom. The van der Waals surface area contributed by atoms with Crippen molar-refractivity contribution in [2.75, 3.05) is 0 Å². The first-order chi connectivity index (χ1) is 12.4. The number of rotatable bonds is 5. The Labute approximate surface area is 159 Å². The first-order valence-electron chi connectivity index (χ1n) is 7.93. The van der Waals surface area contributed by atoms with E-state index in [9.17, 15) is 4.79 Å². The SMILES string of the molecule is CC(C)(NC(=O)NCc1cccc(-c2ncn[nH]2)c1)c1ncc(Br)cn1. The molecule has 8 nitrogen and oxygen atoms in total. The van der Waals surface area contributed by atoms with Crippen LogP contribution in [0.3, 0.4) is 0 Å². The van der Waals surface area contributed by atoms with E-state index in [4.69, 9.17) is 0 Å². The second-order valence-electron chi connectivity index (χ2n) is 6.19. The van der Waals surface area contributed by atoms with Crippen LogP contribution in [0.25, 0.3) is 11.4 Å². The minimum atomic E-state index is -0.702. The maximum atomic E-state index is 12.3. The number of carbonyl (C=O) groups excluding carboxylic acids is 1. The monoisotopic (exact) mass is 415 g/mol. The van der Waals surface area contributed by atoms with E-state index < -0.39 is 5.54 Å². The number of aromatic amines is 1. The number of amides is 2. The number of H-pyrrole nitrogens is 1. The van der Waals surface area contributed by atoms with E-state index in [1.165, 1.54) is 6.33 Å². The summed E-state index contributed by atoms with van der Waals surface area (Å²) in [5.41, 5.74) is 1.16. The largest absolute Gasteiger partial charge is 0.334 e. The zero-order valence-corrected chi connectivity index (χ0v) is 15.9. The molecule has 3 aromatic rings. The van der Waals surface area contributed by atoms with Crippen LogP contribution in [-0.2, 0) is 12.1 Å². The standard InChI is InChI=1S/C17H18BrN7O/c1-17(2,15-19-8-13(18)9-20-15)24-16(26)21-7-11-4-3-5-12(6-11)14-22-10-23-25-14/h3-6,8-10H,7H2,1-2H3,(H2,21,24,26)(H,22,23,25). The first kappa shape index (κ1) is 18.0. The third-order valence-electron chi connectivity index (χ3n) is 3.67. The van der Waals surface area contributed by atoms with Crippen molar-refractivity contribution < 1.29 is 4.79 Å². The first-order valence-corrected chi connectivity index (χ1v) is 8.72. The van der Waals surface area contributed by atoms with Crippen molar-refractivity contribution in [2.45, 2.75) is 25.9 Å². The zero-order chi connectivity index (χ0) is 18.6. The quantitative estimate of drug-likeness (QED) is 0.593. The highest BCUT2D eigenvalue weighted by Crippen LogP contribution is 2.17. The Morgan fingerprint density at radius 3 is 2.69 bits per heavy atom. The highest BCUT2D eigenvalue weighted by Gasteiger charge is 2.25. The topological polar surface area (TPSA) is 108 Å². The summed E-state index contributed by atoms with van der Waals surface area (Å²) in [5, 5.41) is 12.4. The lowest BCUT2D eigenvalue weighted by Crippen LogP contribution is -2.47. The summed E-state index contributed by atoms with van der Waals surface area (Å²) >= 11 is 3.30. The van der Waals surface area contributed by atoms with Gasteiger partial charge in [0, 0.05) is 24.5 Å². The molecule has 2 heterocycles. The molecular formula is C17H18BrN7O.